The van der Waals surface area contributed by atoms with Crippen molar-refractivity contribution in [1.29, 1.82) is 0 Å². The Morgan fingerprint density at radius 1 is 1.27 bits per heavy atom. The average molecular weight is 330 g/mol. The third-order valence-corrected chi connectivity index (χ3v) is 4.57. The Bertz CT molecular complexity index is 409. The normalized spacial score (nSPS) is 21.5. The number of ketones is 2. The van der Waals surface area contributed by atoms with Crippen LogP contribution in [0.3, 0.4) is 0 Å². The van der Waals surface area contributed by atoms with Crippen LogP contribution in [0.25, 0.3) is 0 Å². The molecule has 22 heavy (non-hydrogen) atoms. The van der Waals surface area contributed by atoms with Crippen LogP contribution in [0.2, 0.25) is 0 Å². The second kappa shape index (κ2) is 9.29. The summed E-state index contributed by atoms with van der Waals surface area (Å²) in [6, 6.07) is -0.633. The minimum absolute atomic E-state index is 0.119. The van der Waals surface area contributed by atoms with Gasteiger partial charge < -0.3 is 5.32 Å². The zero-order valence-electron chi connectivity index (χ0n) is 13.9. The van der Waals surface area contributed by atoms with Gasteiger partial charge in [0, 0.05) is 18.3 Å². The molecule has 0 unspecified atom stereocenters. The second-order valence-corrected chi connectivity index (χ2v) is 7.10. The Morgan fingerprint density at radius 3 is 2.50 bits per heavy atom. The van der Waals surface area contributed by atoms with Crippen LogP contribution in [-0.4, -0.2) is 29.4 Å². The summed E-state index contributed by atoms with van der Waals surface area (Å²) in [6.07, 6.45) is 4.50. The number of Topliss-reactive ketones (excluding diaryl/α,β-unsaturated/α-hetero) is 2. The fourth-order valence-electron chi connectivity index (χ4n) is 3.08. The molecule has 0 aliphatic heterocycles. The predicted octanol–water partition coefficient (Wildman–Crippen LogP) is 3.11. The molecule has 0 heterocycles. The van der Waals surface area contributed by atoms with Gasteiger partial charge in [0.25, 0.3) is 0 Å². The van der Waals surface area contributed by atoms with Crippen molar-refractivity contribution in [3.63, 3.8) is 0 Å². The molecular formula is C17H28ClNO3. The molecule has 1 aliphatic rings. The third-order valence-electron chi connectivity index (χ3n) is 4.31. The van der Waals surface area contributed by atoms with Gasteiger partial charge in [-0.05, 0) is 31.6 Å². The lowest BCUT2D eigenvalue weighted by molar-refractivity contribution is -0.131. The molecule has 1 saturated carbocycles. The lowest BCUT2D eigenvalue weighted by Crippen LogP contribution is -2.46. The number of carbonyl (C=O) groups excluding carboxylic acids is 3. The van der Waals surface area contributed by atoms with Crippen molar-refractivity contribution in [2.75, 3.05) is 5.88 Å². The molecule has 4 nitrogen and oxygen atoms in total. The Balaban J connectivity index is 2.66. The van der Waals surface area contributed by atoms with E-state index in [1.807, 2.05) is 6.92 Å². The van der Waals surface area contributed by atoms with Crippen molar-refractivity contribution < 1.29 is 14.4 Å². The van der Waals surface area contributed by atoms with Gasteiger partial charge in [-0.15, -0.1) is 11.6 Å². The standard InChI is InChI=1S/C17H28ClNO3/c1-11(2)8-12(3)17(22)19-14(16(21)10-18)9-13-6-4-5-7-15(13)20/h11-14H,4-10H2,1-3H3,(H,19,22)/t12-,13-,14-/m0/s1. The second-order valence-electron chi connectivity index (χ2n) is 6.84. The maximum absolute atomic E-state index is 12.2. The van der Waals surface area contributed by atoms with Gasteiger partial charge in [0.15, 0.2) is 5.78 Å². The first-order valence-electron chi connectivity index (χ1n) is 8.26. The lowest BCUT2D eigenvalue weighted by Gasteiger charge is -2.26. The summed E-state index contributed by atoms with van der Waals surface area (Å²) >= 11 is 5.66. The maximum atomic E-state index is 12.2. The maximum Gasteiger partial charge on any atom is 0.223 e. The predicted molar refractivity (Wildman–Crippen MR) is 87.9 cm³/mol. The molecule has 1 rings (SSSR count). The van der Waals surface area contributed by atoms with Crippen LogP contribution >= 0.6 is 11.6 Å². The van der Waals surface area contributed by atoms with Gasteiger partial charge in [-0.3, -0.25) is 14.4 Å². The fourth-order valence-corrected chi connectivity index (χ4v) is 3.27. The first-order chi connectivity index (χ1) is 10.3. The minimum atomic E-state index is -0.633. The summed E-state index contributed by atoms with van der Waals surface area (Å²) in [6.45, 7) is 5.99. The summed E-state index contributed by atoms with van der Waals surface area (Å²) in [4.78, 5) is 36.2. The quantitative estimate of drug-likeness (QED) is 0.696. The lowest BCUT2D eigenvalue weighted by atomic mass is 9.83. The highest BCUT2D eigenvalue weighted by molar-refractivity contribution is 6.28. The van der Waals surface area contributed by atoms with E-state index < -0.39 is 6.04 Å². The number of carbonyl (C=O) groups is 3. The molecule has 1 aliphatic carbocycles. The van der Waals surface area contributed by atoms with Crippen LogP contribution in [0.1, 0.15) is 59.3 Å². The first-order valence-corrected chi connectivity index (χ1v) is 8.80. The van der Waals surface area contributed by atoms with E-state index in [0.29, 0.717) is 18.8 Å². The van der Waals surface area contributed by atoms with E-state index in [0.717, 1.165) is 25.7 Å². The molecule has 0 bridgehead atoms. The van der Waals surface area contributed by atoms with E-state index in [9.17, 15) is 14.4 Å². The van der Waals surface area contributed by atoms with E-state index in [-0.39, 0.29) is 35.2 Å². The van der Waals surface area contributed by atoms with E-state index in [1.54, 1.807) is 0 Å². The summed E-state index contributed by atoms with van der Waals surface area (Å²) in [5, 5.41) is 2.82. The molecule has 0 saturated heterocycles. The fraction of sp³-hybridized carbons (Fsp3) is 0.824. The Labute approximate surface area is 138 Å². The summed E-state index contributed by atoms with van der Waals surface area (Å²) < 4.78 is 0. The molecule has 1 amide bonds. The summed E-state index contributed by atoms with van der Waals surface area (Å²) in [7, 11) is 0. The van der Waals surface area contributed by atoms with Gasteiger partial charge >= 0.3 is 0 Å². The van der Waals surface area contributed by atoms with Crippen molar-refractivity contribution in [2.24, 2.45) is 17.8 Å². The number of alkyl halides is 1. The molecule has 0 aromatic heterocycles. The van der Waals surface area contributed by atoms with Crippen LogP contribution in [0.4, 0.5) is 0 Å². The third kappa shape index (κ3) is 6.07. The molecule has 126 valence electrons. The SMILES string of the molecule is CC(C)C[C@H](C)C(=O)N[C@@H](C[C@@H]1CCCCC1=O)C(=O)CCl. The number of hydrogen-bond acceptors (Lipinski definition) is 3. The van der Waals surface area contributed by atoms with Crippen LogP contribution < -0.4 is 5.32 Å². The zero-order chi connectivity index (χ0) is 16.7. The van der Waals surface area contributed by atoms with Gasteiger partial charge in [0.1, 0.15) is 5.78 Å². The van der Waals surface area contributed by atoms with E-state index in [4.69, 9.17) is 11.6 Å². The summed E-state index contributed by atoms with van der Waals surface area (Å²) in [5.41, 5.74) is 0. The summed E-state index contributed by atoms with van der Waals surface area (Å²) in [5.74, 6) is -0.0967. The van der Waals surface area contributed by atoms with Crippen molar-refractivity contribution in [3.05, 3.63) is 0 Å². The number of halogens is 1. The smallest absolute Gasteiger partial charge is 0.223 e. The van der Waals surface area contributed by atoms with Crippen LogP contribution in [-0.2, 0) is 14.4 Å². The van der Waals surface area contributed by atoms with Gasteiger partial charge in [0.2, 0.25) is 5.91 Å². The largest absolute Gasteiger partial charge is 0.346 e. The van der Waals surface area contributed by atoms with Crippen LogP contribution in [0, 0.1) is 17.8 Å². The minimum Gasteiger partial charge on any atom is -0.346 e. The Morgan fingerprint density at radius 2 is 1.95 bits per heavy atom. The molecular weight excluding hydrogens is 302 g/mol. The highest BCUT2D eigenvalue weighted by Gasteiger charge is 2.30. The first kappa shape index (κ1) is 19.1. The number of hydrogen-bond donors (Lipinski definition) is 1. The van der Waals surface area contributed by atoms with Crippen molar-refractivity contribution in [3.8, 4) is 0 Å². The Hall–Kier alpha value is -0.900. The molecule has 0 aromatic carbocycles. The molecule has 0 aromatic rings. The Kier molecular flexibility index (Phi) is 8.08. The molecule has 0 radical (unpaired) electrons. The highest BCUT2D eigenvalue weighted by atomic mass is 35.5. The van der Waals surface area contributed by atoms with E-state index in [2.05, 4.69) is 19.2 Å². The molecule has 0 spiro atoms. The number of nitrogens with one attached hydrogen (secondary N) is 1. The van der Waals surface area contributed by atoms with Crippen molar-refractivity contribution in [2.45, 2.75) is 65.3 Å². The molecule has 1 N–H and O–H groups in total. The highest BCUT2D eigenvalue weighted by Crippen LogP contribution is 2.25. The van der Waals surface area contributed by atoms with E-state index in [1.165, 1.54) is 0 Å². The average Bonchev–Trinajstić information content (AvgIpc) is 2.47. The number of amides is 1. The molecule has 3 atom stereocenters. The van der Waals surface area contributed by atoms with Gasteiger partial charge in [-0.1, -0.05) is 27.2 Å². The van der Waals surface area contributed by atoms with Gasteiger partial charge in [-0.2, -0.15) is 0 Å². The monoisotopic (exact) mass is 329 g/mol. The van der Waals surface area contributed by atoms with E-state index >= 15 is 0 Å². The topological polar surface area (TPSA) is 63.2 Å². The molecule has 5 heteroatoms. The van der Waals surface area contributed by atoms with Crippen LogP contribution in [0.5, 0.6) is 0 Å². The zero-order valence-corrected chi connectivity index (χ0v) is 14.6. The van der Waals surface area contributed by atoms with Gasteiger partial charge in [0.05, 0.1) is 11.9 Å². The van der Waals surface area contributed by atoms with Crippen molar-refractivity contribution >= 4 is 29.1 Å². The van der Waals surface area contributed by atoms with Crippen LogP contribution in [0.15, 0.2) is 0 Å². The van der Waals surface area contributed by atoms with Gasteiger partial charge in [-0.25, -0.2) is 0 Å². The number of rotatable bonds is 8. The molecule has 1 fully saturated rings. The van der Waals surface area contributed by atoms with Crippen molar-refractivity contribution in [1.82, 2.24) is 5.32 Å².